The molecule has 0 atom stereocenters. The van der Waals surface area contributed by atoms with E-state index < -0.39 is 0 Å². The van der Waals surface area contributed by atoms with E-state index in [-0.39, 0.29) is 0 Å². The largest absolute Gasteiger partial charge is 0.298 e. The molecule has 3 heteroatoms. The molecule has 1 aliphatic heterocycles. The molecule has 0 N–H and O–H groups in total. The lowest BCUT2D eigenvalue weighted by Crippen LogP contribution is -2.29. The second-order valence-electron chi connectivity index (χ2n) is 3.80. The average Bonchev–Trinajstić information content (AvgIpc) is 2.19. The molecule has 0 bridgehead atoms. The lowest BCUT2D eigenvalue weighted by Gasteiger charge is -2.25. The second kappa shape index (κ2) is 4.89. The number of halogens is 1. The van der Waals surface area contributed by atoms with Gasteiger partial charge in [0.2, 0.25) is 0 Å². The Kier molecular flexibility index (Phi) is 3.54. The Labute approximate surface area is 93.5 Å². The topological polar surface area (TPSA) is 16.1 Å². The van der Waals surface area contributed by atoms with Crippen LogP contribution in [0.1, 0.15) is 25.0 Å². The standard InChI is InChI=1S/C11H15BrN2/c12-10-4-5-13-11(8-10)9-14-6-2-1-3-7-14/h4-5,8H,1-3,6-7,9H2. The minimum Gasteiger partial charge on any atom is -0.298 e. The molecule has 1 aromatic heterocycles. The van der Waals surface area contributed by atoms with E-state index in [1.54, 1.807) is 0 Å². The fraction of sp³-hybridized carbons (Fsp3) is 0.545. The first-order valence-electron chi connectivity index (χ1n) is 5.17. The molecule has 1 aliphatic rings. The Hall–Kier alpha value is -0.410. The molecule has 2 nitrogen and oxygen atoms in total. The molecule has 14 heavy (non-hydrogen) atoms. The highest BCUT2D eigenvalue weighted by Crippen LogP contribution is 2.14. The van der Waals surface area contributed by atoms with Crippen LogP contribution in [0.15, 0.2) is 22.8 Å². The first-order chi connectivity index (χ1) is 6.84. The van der Waals surface area contributed by atoms with Crippen LogP contribution < -0.4 is 0 Å². The van der Waals surface area contributed by atoms with Crippen molar-refractivity contribution in [3.8, 4) is 0 Å². The van der Waals surface area contributed by atoms with Crippen LogP contribution >= 0.6 is 15.9 Å². The molecule has 2 rings (SSSR count). The van der Waals surface area contributed by atoms with Gasteiger partial charge in [0.1, 0.15) is 0 Å². The SMILES string of the molecule is Brc1ccnc(CN2CCCCC2)c1. The first-order valence-corrected chi connectivity index (χ1v) is 5.97. The zero-order valence-electron chi connectivity index (χ0n) is 8.25. The van der Waals surface area contributed by atoms with Gasteiger partial charge in [0.15, 0.2) is 0 Å². The molecule has 0 unspecified atom stereocenters. The number of hydrogen-bond donors (Lipinski definition) is 0. The van der Waals surface area contributed by atoms with Crippen molar-refractivity contribution in [2.75, 3.05) is 13.1 Å². The van der Waals surface area contributed by atoms with Crippen molar-refractivity contribution in [1.82, 2.24) is 9.88 Å². The molecular weight excluding hydrogens is 240 g/mol. The lowest BCUT2D eigenvalue weighted by molar-refractivity contribution is 0.218. The second-order valence-corrected chi connectivity index (χ2v) is 4.72. The summed E-state index contributed by atoms with van der Waals surface area (Å²) in [4.78, 5) is 6.85. The monoisotopic (exact) mass is 254 g/mol. The first kappa shape index (κ1) is 10.1. The van der Waals surface area contributed by atoms with E-state index in [2.05, 4.69) is 31.9 Å². The summed E-state index contributed by atoms with van der Waals surface area (Å²) in [6.07, 6.45) is 5.94. The highest BCUT2D eigenvalue weighted by molar-refractivity contribution is 9.10. The van der Waals surface area contributed by atoms with Crippen molar-refractivity contribution in [3.05, 3.63) is 28.5 Å². The average molecular weight is 255 g/mol. The molecule has 0 amide bonds. The molecular formula is C11H15BrN2. The molecule has 0 spiro atoms. The van der Waals surface area contributed by atoms with Gasteiger partial charge in [0.05, 0.1) is 5.69 Å². The lowest BCUT2D eigenvalue weighted by atomic mass is 10.1. The molecule has 76 valence electrons. The van der Waals surface area contributed by atoms with Gasteiger partial charge in [0, 0.05) is 17.2 Å². The van der Waals surface area contributed by atoms with E-state index in [9.17, 15) is 0 Å². The fourth-order valence-corrected chi connectivity index (χ4v) is 2.26. The van der Waals surface area contributed by atoms with Crippen LogP contribution in [0.5, 0.6) is 0 Å². The molecule has 1 fully saturated rings. The predicted molar refractivity (Wildman–Crippen MR) is 61.1 cm³/mol. The fourth-order valence-electron chi connectivity index (χ4n) is 1.88. The number of piperidine rings is 1. The highest BCUT2D eigenvalue weighted by Gasteiger charge is 2.10. The van der Waals surface area contributed by atoms with Crippen molar-refractivity contribution in [2.45, 2.75) is 25.8 Å². The van der Waals surface area contributed by atoms with Gasteiger partial charge in [-0.25, -0.2) is 0 Å². The van der Waals surface area contributed by atoms with E-state index in [0.29, 0.717) is 0 Å². The number of hydrogen-bond acceptors (Lipinski definition) is 2. The molecule has 1 aromatic rings. The molecule has 0 radical (unpaired) electrons. The van der Waals surface area contributed by atoms with Crippen molar-refractivity contribution in [2.24, 2.45) is 0 Å². The molecule has 0 aromatic carbocycles. The third-order valence-electron chi connectivity index (χ3n) is 2.61. The summed E-state index contributed by atoms with van der Waals surface area (Å²) in [5.41, 5.74) is 1.17. The van der Waals surface area contributed by atoms with Gasteiger partial charge in [-0.15, -0.1) is 0 Å². The zero-order chi connectivity index (χ0) is 9.80. The van der Waals surface area contributed by atoms with Crippen molar-refractivity contribution in [1.29, 1.82) is 0 Å². The maximum Gasteiger partial charge on any atom is 0.0555 e. The third kappa shape index (κ3) is 2.79. The zero-order valence-corrected chi connectivity index (χ0v) is 9.83. The minimum atomic E-state index is 0.999. The normalized spacial score (nSPS) is 18.4. The van der Waals surface area contributed by atoms with Crippen molar-refractivity contribution in [3.63, 3.8) is 0 Å². The smallest absolute Gasteiger partial charge is 0.0555 e. The van der Waals surface area contributed by atoms with Gasteiger partial charge < -0.3 is 0 Å². The predicted octanol–water partition coefficient (Wildman–Crippen LogP) is 2.83. The Morgan fingerprint density at radius 1 is 1.29 bits per heavy atom. The number of nitrogens with zero attached hydrogens (tertiary/aromatic N) is 2. The van der Waals surface area contributed by atoms with Crippen LogP contribution in [0, 0.1) is 0 Å². The molecule has 2 heterocycles. The number of likely N-dealkylation sites (tertiary alicyclic amines) is 1. The maximum absolute atomic E-state index is 4.36. The highest BCUT2D eigenvalue weighted by atomic mass is 79.9. The maximum atomic E-state index is 4.36. The van der Waals surface area contributed by atoms with Crippen LogP contribution in [-0.4, -0.2) is 23.0 Å². The van der Waals surface area contributed by atoms with Crippen LogP contribution in [-0.2, 0) is 6.54 Å². The summed E-state index contributed by atoms with van der Waals surface area (Å²) in [6, 6.07) is 4.08. The number of rotatable bonds is 2. The minimum absolute atomic E-state index is 0.999. The van der Waals surface area contributed by atoms with E-state index in [0.717, 1.165) is 11.0 Å². The van der Waals surface area contributed by atoms with Gasteiger partial charge in [-0.1, -0.05) is 22.4 Å². The van der Waals surface area contributed by atoms with E-state index >= 15 is 0 Å². The third-order valence-corrected chi connectivity index (χ3v) is 3.11. The quantitative estimate of drug-likeness (QED) is 0.807. The molecule has 0 saturated carbocycles. The summed E-state index contributed by atoms with van der Waals surface area (Å²) < 4.78 is 1.12. The van der Waals surface area contributed by atoms with Gasteiger partial charge >= 0.3 is 0 Å². The van der Waals surface area contributed by atoms with E-state index in [1.165, 1.54) is 38.0 Å². The Bertz CT molecular complexity index is 295. The van der Waals surface area contributed by atoms with Crippen LogP contribution in [0.2, 0.25) is 0 Å². The summed E-state index contributed by atoms with van der Waals surface area (Å²) >= 11 is 3.47. The Morgan fingerprint density at radius 3 is 2.79 bits per heavy atom. The van der Waals surface area contributed by atoms with Gasteiger partial charge in [-0.05, 0) is 38.1 Å². The van der Waals surface area contributed by atoms with Crippen molar-refractivity contribution >= 4 is 15.9 Å². The van der Waals surface area contributed by atoms with Crippen LogP contribution in [0.4, 0.5) is 0 Å². The number of aromatic nitrogens is 1. The summed E-state index contributed by atoms with van der Waals surface area (Å²) in [5, 5.41) is 0. The Balaban J connectivity index is 1.95. The van der Waals surface area contributed by atoms with Gasteiger partial charge in [-0.2, -0.15) is 0 Å². The van der Waals surface area contributed by atoms with Crippen LogP contribution in [0.3, 0.4) is 0 Å². The van der Waals surface area contributed by atoms with Gasteiger partial charge in [0.25, 0.3) is 0 Å². The summed E-state index contributed by atoms with van der Waals surface area (Å²) in [6.45, 7) is 3.46. The van der Waals surface area contributed by atoms with E-state index in [4.69, 9.17) is 0 Å². The Morgan fingerprint density at radius 2 is 2.07 bits per heavy atom. The van der Waals surface area contributed by atoms with E-state index in [1.807, 2.05) is 12.3 Å². The number of pyridine rings is 1. The van der Waals surface area contributed by atoms with Gasteiger partial charge in [-0.3, -0.25) is 9.88 Å². The summed E-state index contributed by atoms with van der Waals surface area (Å²) in [7, 11) is 0. The molecule has 0 aliphatic carbocycles. The van der Waals surface area contributed by atoms with Crippen LogP contribution in [0.25, 0.3) is 0 Å². The summed E-state index contributed by atoms with van der Waals surface area (Å²) in [5.74, 6) is 0. The molecule has 1 saturated heterocycles. The van der Waals surface area contributed by atoms with Crippen molar-refractivity contribution < 1.29 is 0 Å².